The number of nitrogens with zero attached hydrogens (tertiary/aromatic N) is 2. The Morgan fingerprint density at radius 2 is 1.63 bits per heavy atom. The molecule has 3 aromatic rings. The number of aryl methyl sites for hydroxylation is 1. The lowest BCUT2D eigenvalue weighted by molar-refractivity contribution is 0.0724. The second-order valence-corrected chi connectivity index (χ2v) is 8.48. The van der Waals surface area contributed by atoms with Crippen LogP contribution in [0.15, 0.2) is 59.4 Å². The fourth-order valence-corrected chi connectivity index (χ4v) is 4.82. The summed E-state index contributed by atoms with van der Waals surface area (Å²) in [5, 5.41) is 0.609. The van der Waals surface area contributed by atoms with Crippen LogP contribution < -0.4 is 5.56 Å². The number of amides is 1. The van der Waals surface area contributed by atoms with Crippen molar-refractivity contribution in [1.29, 1.82) is 0 Å². The molecule has 3 heterocycles. The molecule has 4 nitrogen and oxygen atoms in total. The Morgan fingerprint density at radius 3 is 2.40 bits per heavy atom. The molecule has 1 fully saturated rings. The van der Waals surface area contributed by atoms with Gasteiger partial charge in [-0.2, -0.15) is 0 Å². The van der Waals surface area contributed by atoms with E-state index in [2.05, 4.69) is 0 Å². The fourth-order valence-electron chi connectivity index (χ4n) is 4.64. The number of carbonyl (C=O) groups excluding carboxylic acids is 1. The Labute approximate surface area is 180 Å². The Bertz CT molecular complexity index is 1180. The molecule has 0 aliphatic carbocycles. The van der Waals surface area contributed by atoms with E-state index in [1.54, 1.807) is 10.6 Å². The molecule has 1 saturated heterocycles. The molecule has 1 amide bonds. The Balaban J connectivity index is 1.77. The summed E-state index contributed by atoms with van der Waals surface area (Å²) < 4.78 is 1.78. The van der Waals surface area contributed by atoms with Crippen molar-refractivity contribution in [3.05, 3.63) is 81.1 Å². The highest BCUT2D eigenvalue weighted by molar-refractivity contribution is 6.31. The SMILES string of the molecule is O=C(c1cc(-c2ccccc2)c(=O)n2c1-c1cc(Cl)ccc1CC2)N1CCCCC1. The van der Waals surface area contributed by atoms with Crippen molar-refractivity contribution >= 4 is 17.5 Å². The Hall–Kier alpha value is -2.85. The van der Waals surface area contributed by atoms with Crippen LogP contribution >= 0.6 is 11.6 Å². The van der Waals surface area contributed by atoms with Gasteiger partial charge >= 0.3 is 0 Å². The van der Waals surface area contributed by atoms with Gasteiger partial charge in [-0.05, 0) is 55.0 Å². The first kappa shape index (κ1) is 19.1. The molecule has 0 radical (unpaired) electrons. The minimum atomic E-state index is -0.0583. The van der Waals surface area contributed by atoms with Gasteiger partial charge in [0.25, 0.3) is 11.5 Å². The summed E-state index contributed by atoms with van der Waals surface area (Å²) in [6.07, 6.45) is 3.95. The van der Waals surface area contributed by atoms with Gasteiger partial charge in [-0.15, -0.1) is 0 Å². The zero-order valence-corrected chi connectivity index (χ0v) is 17.5. The number of likely N-dealkylation sites (tertiary alicyclic amines) is 1. The highest BCUT2D eigenvalue weighted by Crippen LogP contribution is 2.35. The second-order valence-electron chi connectivity index (χ2n) is 8.05. The van der Waals surface area contributed by atoms with Crippen molar-refractivity contribution in [2.45, 2.75) is 32.2 Å². The summed E-state index contributed by atoms with van der Waals surface area (Å²) in [4.78, 5) is 29.0. The van der Waals surface area contributed by atoms with Gasteiger partial charge in [0.2, 0.25) is 0 Å². The van der Waals surface area contributed by atoms with Crippen molar-refractivity contribution in [3.8, 4) is 22.4 Å². The van der Waals surface area contributed by atoms with E-state index in [1.807, 2.05) is 53.4 Å². The van der Waals surface area contributed by atoms with Gasteiger partial charge in [0.15, 0.2) is 0 Å². The van der Waals surface area contributed by atoms with Gasteiger partial charge in [-0.1, -0.05) is 48.0 Å². The van der Waals surface area contributed by atoms with E-state index < -0.39 is 0 Å². The molecule has 0 saturated carbocycles. The molecule has 152 valence electrons. The third-order valence-electron chi connectivity index (χ3n) is 6.18. The maximum atomic E-state index is 13.6. The van der Waals surface area contributed by atoms with E-state index in [0.717, 1.165) is 55.5 Å². The van der Waals surface area contributed by atoms with Gasteiger partial charge in [-0.3, -0.25) is 9.59 Å². The fraction of sp³-hybridized carbons (Fsp3) is 0.280. The zero-order chi connectivity index (χ0) is 20.7. The standard InChI is InChI=1S/C25H23ClN2O2/c26-19-10-9-18-11-14-28-23(20(18)15-19)22(24(29)27-12-5-2-6-13-27)16-21(25(28)30)17-7-3-1-4-8-17/h1,3-4,7-10,15-16H,2,5-6,11-14H2. The number of rotatable bonds is 2. The van der Waals surface area contributed by atoms with E-state index in [-0.39, 0.29) is 11.5 Å². The number of pyridine rings is 1. The van der Waals surface area contributed by atoms with Gasteiger partial charge in [0.1, 0.15) is 0 Å². The van der Waals surface area contributed by atoms with Crippen LogP contribution in [0.5, 0.6) is 0 Å². The minimum absolute atomic E-state index is 0.00320. The average Bonchev–Trinajstić information content (AvgIpc) is 2.80. The van der Waals surface area contributed by atoms with E-state index >= 15 is 0 Å². The number of benzene rings is 2. The van der Waals surface area contributed by atoms with Crippen LogP contribution in [0.1, 0.15) is 35.2 Å². The molecule has 0 atom stereocenters. The molecule has 2 aromatic carbocycles. The number of carbonyl (C=O) groups is 1. The third-order valence-corrected chi connectivity index (χ3v) is 6.41. The van der Waals surface area contributed by atoms with E-state index in [0.29, 0.717) is 28.4 Å². The summed E-state index contributed by atoms with van der Waals surface area (Å²) in [5.74, 6) is 0.00320. The molecule has 5 heteroatoms. The number of hydrogen-bond donors (Lipinski definition) is 0. The van der Waals surface area contributed by atoms with Crippen LogP contribution in [-0.2, 0) is 13.0 Å². The highest BCUT2D eigenvalue weighted by Gasteiger charge is 2.29. The molecular formula is C25H23ClN2O2. The Morgan fingerprint density at radius 1 is 0.867 bits per heavy atom. The van der Waals surface area contributed by atoms with Crippen LogP contribution in [0.4, 0.5) is 0 Å². The van der Waals surface area contributed by atoms with Gasteiger partial charge in [0, 0.05) is 35.8 Å². The number of halogens is 1. The van der Waals surface area contributed by atoms with E-state index in [4.69, 9.17) is 11.6 Å². The molecule has 5 rings (SSSR count). The van der Waals surface area contributed by atoms with Crippen molar-refractivity contribution < 1.29 is 4.79 Å². The van der Waals surface area contributed by atoms with Crippen molar-refractivity contribution in [2.75, 3.05) is 13.1 Å². The highest BCUT2D eigenvalue weighted by atomic mass is 35.5. The molecule has 0 unspecified atom stereocenters. The van der Waals surface area contributed by atoms with Crippen LogP contribution in [0.2, 0.25) is 5.02 Å². The first-order valence-corrected chi connectivity index (χ1v) is 10.9. The number of fused-ring (bicyclic) bond motifs is 3. The van der Waals surface area contributed by atoms with Crippen molar-refractivity contribution in [2.24, 2.45) is 0 Å². The molecule has 0 bridgehead atoms. The van der Waals surface area contributed by atoms with Crippen molar-refractivity contribution in [1.82, 2.24) is 9.47 Å². The van der Waals surface area contributed by atoms with E-state index in [1.165, 1.54) is 0 Å². The van der Waals surface area contributed by atoms with E-state index in [9.17, 15) is 9.59 Å². The quantitative estimate of drug-likeness (QED) is 0.586. The summed E-state index contributed by atoms with van der Waals surface area (Å²) in [6.45, 7) is 2.09. The zero-order valence-electron chi connectivity index (χ0n) is 16.7. The summed E-state index contributed by atoms with van der Waals surface area (Å²) in [7, 11) is 0. The largest absolute Gasteiger partial charge is 0.339 e. The summed E-state index contributed by atoms with van der Waals surface area (Å²) in [6, 6.07) is 17.2. The molecule has 2 aliphatic heterocycles. The maximum Gasteiger partial charge on any atom is 0.258 e. The second kappa shape index (κ2) is 7.77. The monoisotopic (exact) mass is 418 g/mol. The number of aromatic nitrogens is 1. The topological polar surface area (TPSA) is 42.3 Å². The third kappa shape index (κ3) is 3.25. The lowest BCUT2D eigenvalue weighted by Crippen LogP contribution is -2.38. The summed E-state index contributed by atoms with van der Waals surface area (Å²) >= 11 is 6.31. The summed E-state index contributed by atoms with van der Waals surface area (Å²) in [5.41, 5.74) is 4.67. The number of hydrogen-bond acceptors (Lipinski definition) is 2. The lowest BCUT2D eigenvalue weighted by Gasteiger charge is -2.30. The lowest BCUT2D eigenvalue weighted by atomic mass is 9.91. The smallest absolute Gasteiger partial charge is 0.258 e. The molecule has 2 aliphatic rings. The van der Waals surface area contributed by atoms with Gasteiger partial charge < -0.3 is 9.47 Å². The van der Waals surface area contributed by atoms with Crippen LogP contribution in [0, 0.1) is 0 Å². The maximum absolute atomic E-state index is 13.6. The molecular weight excluding hydrogens is 396 g/mol. The van der Waals surface area contributed by atoms with Gasteiger partial charge in [-0.25, -0.2) is 0 Å². The first-order chi connectivity index (χ1) is 14.6. The Kier molecular flexibility index (Phi) is 4.95. The molecule has 30 heavy (non-hydrogen) atoms. The van der Waals surface area contributed by atoms with Crippen LogP contribution in [0.3, 0.4) is 0 Å². The molecule has 0 N–H and O–H groups in total. The van der Waals surface area contributed by atoms with Gasteiger partial charge in [0.05, 0.1) is 11.3 Å². The van der Waals surface area contributed by atoms with Crippen LogP contribution in [-0.4, -0.2) is 28.5 Å². The number of piperidine rings is 1. The average molecular weight is 419 g/mol. The van der Waals surface area contributed by atoms with Crippen molar-refractivity contribution in [3.63, 3.8) is 0 Å². The van der Waals surface area contributed by atoms with Crippen LogP contribution in [0.25, 0.3) is 22.4 Å². The normalized spacial score (nSPS) is 15.4. The predicted octanol–water partition coefficient (Wildman–Crippen LogP) is 5.02. The minimum Gasteiger partial charge on any atom is -0.339 e. The predicted molar refractivity (Wildman–Crippen MR) is 120 cm³/mol. The molecule has 0 spiro atoms. The molecule has 1 aromatic heterocycles. The first-order valence-electron chi connectivity index (χ1n) is 10.5.